The van der Waals surface area contributed by atoms with Crippen LogP contribution >= 0.6 is 0 Å². The minimum absolute atomic E-state index is 0.0362. The average Bonchev–Trinajstić information content (AvgIpc) is 3.28. The molecule has 0 aliphatic rings. The maximum atomic E-state index is 11.2. The van der Waals surface area contributed by atoms with Crippen LogP contribution in [0.4, 0.5) is 11.4 Å². The van der Waals surface area contributed by atoms with Gasteiger partial charge in [0.15, 0.2) is 0 Å². The van der Waals surface area contributed by atoms with E-state index >= 15 is 0 Å². The lowest BCUT2D eigenvalue weighted by atomic mass is 10.1. The molecule has 6 heteroatoms. The Morgan fingerprint density at radius 1 is 0.771 bits per heavy atom. The van der Waals surface area contributed by atoms with E-state index in [1.165, 1.54) is 12.1 Å². The van der Waals surface area contributed by atoms with Crippen LogP contribution in [0, 0.1) is 10.1 Å². The summed E-state index contributed by atoms with van der Waals surface area (Å²) in [5.41, 5.74) is 6.15. The summed E-state index contributed by atoms with van der Waals surface area (Å²) in [4.78, 5) is 15.5. The fourth-order valence-electron chi connectivity index (χ4n) is 4.05. The fourth-order valence-corrected chi connectivity index (χ4v) is 4.05. The first-order valence-electron chi connectivity index (χ1n) is 11.0. The monoisotopic (exact) mass is 459 g/mol. The predicted octanol–water partition coefficient (Wildman–Crippen LogP) is 7.18. The van der Waals surface area contributed by atoms with Crippen LogP contribution < -0.4 is 0 Å². The standard InChI is InChI=1S/C29H21N3O3/c33-27-13-7-12-24(19-27)30-20-23-18-28(21-8-3-1-4-9-21)31(29(23)22-10-5-2-6-11-22)25-14-16-26(17-15-25)32(34)35/h1-20,33H. The molecule has 6 nitrogen and oxygen atoms in total. The Balaban J connectivity index is 1.76. The van der Waals surface area contributed by atoms with Crippen molar-refractivity contribution in [3.63, 3.8) is 0 Å². The summed E-state index contributed by atoms with van der Waals surface area (Å²) in [7, 11) is 0. The normalized spacial score (nSPS) is 11.1. The van der Waals surface area contributed by atoms with Crippen LogP contribution in [-0.4, -0.2) is 20.8 Å². The molecule has 0 fully saturated rings. The molecule has 0 spiro atoms. The highest BCUT2D eigenvalue weighted by atomic mass is 16.6. The van der Waals surface area contributed by atoms with Crippen molar-refractivity contribution in [2.75, 3.05) is 0 Å². The van der Waals surface area contributed by atoms with Crippen LogP contribution in [-0.2, 0) is 0 Å². The molecule has 0 amide bonds. The molecule has 0 aliphatic carbocycles. The zero-order valence-electron chi connectivity index (χ0n) is 18.7. The molecule has 0 saturated heterocycles. The lowest BCUT2D eigenvalue weighted by Crippen LogP contribution is -2.01. The third kappa shape index (κ3) is 4.58. The van der Waals surface area contributed by atoms with Crippen molar-refractivity contribution in [2.24, 2.45) is 4.99 Å². The molecule has 0 saturated carbocycles. The number of nitro benzene ring substituents is 1. The van der Waals surface area contributed by atoms with Gasteiger partial charge in [-0.05, 0) is 41.5 Å². The second-order valence-corrected chi connectivity index (χ2v) is 7.95. The highest BCUT2D eigenvalue weighted by molar-refractivity contribution is 5.94. The van der Waals surface area contributed by atoms with Gasteiger partial charge in [0.2, 0.25) is 0 Å². The third-order valence-corrected chi connectivity index (χ3v) is 5.65. The van der Waals surface area contributed by atoms with Crippen LogP contribution in [0.15, 0.2) is 120 Å². The Kier molecular flexibility index (Phi) is 5.92. The molecule has 4 aromatic carbocycles. The number of phenols is 1. The summed E-state index contributed by atoms with van der Waals surface area (Å²) < 4.78 is 2.10. The van der Waals surface area contributed by atoms with Crippen molar-refractivity contribution in [3.8, 4) is 34.0 Å². The highest BCUT2D eigenvalue weighted by Crippen LogP contribution is 2.36. The first-order chi connectivity index (χ1) is 17.1. The lowest BCUT2D eigenvalue weighted by molar-refractivity contribution is -0.384. The van der Waals surface area contributed by atoms with Gasteiger partial charge < -0.3 is 9.67 Å². The Morgan fingerprint density at radius 3 is 2.06 bits per heavy atom. The Morgan fingerprint density at radius 2 is 1.43 bits per heavy atom. The number of nitrogens with zero attached hydrogens (tertiary/aromatic N) is 3. The van der Waals surface area contributed by atoms with E-state index in [1.54, 1.807) is 36.5 Å². The molecule has 0 radical (unpaired) electrons. The van der Waals surface area contributed by atoms with Gasteiger partial charge in [-0.15, -0.1) is 0 Å². The maximum Gasteiger partial charge on any atom is 0.269 e. The summed E-state index contributed by atoms with van der Waals surface area (Å²) in [6.07, 6.45) is 1.78. The second kappa shape index (κ2) is 9.49. The van der Waals surface area contributed by atoms with Crippen molar-refractivity contribution < 1.29 is 10.0 Å². The average molecular weight is 460 g/mol. The van der Waals surface area contributed by atoms with Gasteiger partial charge >= 0.3 is 0 Å². The van der Waals surface area contributed by atoms with Crippen LogP contribution in [0.25, 0.3) is 28.2 Å². The van der Waals surface area contributed by atoms with Crippen molar-refractivity contribution in [1.82, 2.24) is 4.57 Å². The Bertz CT molecular complexity index is 1510. The number of aliphatic imine (C=N–C) groups is 1. The highest BCUT2D eigenvalue weighted by Gasteiger charge is 2.19. The summed E-state index contributed by atoms with van der Waals surface area (Å²) in [6.45, 7) is 0. The molecule has 5 rings (SSSR count). The molecule has 0 unspecified atom stereocenters. The zero-order valence-corrected chi connectivity index (χ0v) is 18.7. The summed E-state index contributed by atoms with van der Waals surface area (Å²) in [5, 5.41) is 21.1. The third-order valence-electron chi connectivity index (χ3n) is 5.65. The van der Waals surface area contributed by atoms with E-state index in [0.717, 1.165) is 33.8 Å². The van der Waals surface area contributed by atoms with Gasteiger partial charge in [0.25, 0.3) is 5.69 Å². The molecule has 0 bridgehead atoms. The van der Waals surface area contributed by atoms with Crippen molar-refractivity contribution >= 4 is 17.6 Å². The molecule has 1 N–H and O–H groups in total. The van der Waals surface area contributed by atoms with E-state index in [9.17, 15) is 15.2 Å². The number of phenolic OH excluding ortho intramolecular Hbond substituents is 1. The number of hydrogen-bond donors (Lipinski definition) is 1. The number of aromatic hydroxyl groups is 1. The molecule has 170 valence electrons. The number of nitro groups is 1. The van der Waals surface area contributed by atoms with E-state index in [-0.39, 0.29) is 11.4 Å². The summed E-state index contributed by atoms with van der Waals surface area (Å²) in [6, 6.07) is 35.3. The summed E-state index contributed by atoms with van der Waals surface area (Å²) >= 11 is 0. The first-order valence-corrected chi connectivity index (χ1v) is 11.0. The lowest BCUT2D eigenvalue weighted by Gasteiger charge is -2.15. The van der Waals surface area contributed by atoms with E-state index in [2.05, 4.69) is 15.6 Å². The number of non-ortho nitro benzene ring substituents is 1. The molecule has 1 heterocycles. The second-order valence-electron chi connectivity index (χ2n) is 7.95. The summed E-state index contributed by atoms with van der Waals surface area (Å²) in [5.74, 6) is 0.149. The van der Waals surface area contributed by atoms with Gasteiger partial charge in [-0.3, -0.25) is 15.1 Å². The fraction of sp³-hybridized carbons (Fsp3) is 0. The van der Waals surface area contributed by atoms with Crippen molar-refractivity contribution in [3.05, 3.63) is 131 Å². The number of hydrogen-bond acceptors (Lipinski definition) is 4. The molecule has 1 aromatic heterocycles. The number of benzene rings is 4. The van der Waals surface area contributed by atoms with Gasteiger partial charge in [-0.1, -0.05) is 66.7 Å². The predicted molar refractivity (Wildman–Crippen MR) is 139 cm³/mol. The minimum atomic E-state index is -0.400. The van der Waals surface area contributed by atoms with Crippen LogP contribution in [0.2, 0.25) is 0 Å². The number of rotatable bonds is 6. The van der Waals surface area contributed by atoms with Gasteiger partial charge in [0.1, 0.15) is 5.75 Å². The smallest absolute Gasteiger partial charge is 0.269 e. The van der Waals surface area contributed by atoms with Crippen LogP contribution in [0.5, 0.6) is 5.75 Å². The quantitative estimate of drug-likeness (QED) is 0.166. The molecule has 5 aromatic rings. The molecule has 0 atom stereocenters. The van der Waals surface area contributed by atoms with Crippen LogP contribution in [0.1, 0.15) is 5.56 Å². The number of aromatic nitrogens is 1. The molecule has 35 heavy (non-hydrogen) atoms. The van der Waals surface area contributed by atoms with E-state index < -0.39 is 4.92 Å². The SMILES string of the molecule is O=[N+]([O-])c1ccc(-n2c(-c3ccccc3)cc(C=Nc3cccc(O)c3)c2-c2ccccc2)cc1. The largest absolute Gasteiger partial charge is 0.508 e. The van der Waals surface area contributed by atoms with Gasteiger partial charge in [-0.25, -0.2) is 0 Å². The van der Waals surface area contributed by atoms with Crippen LogP contribution in [0.3, 0.4) is 0 Å². The van der Waals surface area contributed by atoms with Gasteiger partial charge in [0.05, 0.1) is 22.0 Å². The molecular formula is C29H21N3O3. The first kappa shape index (κ1) is 21.9. The van der Waals surface area contributed by atoms with E-state index in [4.69, 9.17) is 0 Å². The Labute approximate surface area is 202 Å². The molecule has 0 aliphatic heterocycles. The molecular weight excluding hydrogens is 438 g/mol. The topological polar surface area (TPSA) is 80.7 Å². The van der Waals surface area contributed by atoms with Gasteiger partial charge in [0, 0.05) is 35.7 Å². The van der Waals surface area contributed by atoms with Crippen molar-refractivity contribution in [1.29, 1.82) is 0 Å². The van der Waals surface area contributed by atoms with Crippen molar-refractivity contribution in [2.45, 2.75) is 0 Å². The van der Waals surface area contributed by atoms with Gasteiger partial charge in [-0.2, -0.15) is 0 Å². The van der Waals surface area contributed by atoms with E-state index in [0.29, 0.717) is 5.69 Å². The van der Waals surface area contributed by atoms with E-state index in [1.807, 2.05) is 66.7 Å². The Hall–Kier alpha value is -4.97. The minimum Gasteiger partial charge on any atom is -0.508 e. The maximum absolute atomic E-state index is 11.2. The zero-order chi connectivity index (χ0) is 24.2.